The van der Waals surface area contributed by atoms with Crippen molar-refractivity contribution in [1.29, 1.82) is 0 Å². The fourth-order valence-corrected chi connectivity index (χ4v) is 23.8. The maximum atomic E-state index is 17.0. The van der Waals surface area contributed by atoms with Crippen LogP contribution in [0.3, 0.4) is 0 Å². The molecule has 10 heterocycles. The lowest BCUT2D eigenvalue weighted by molar-refractivity contribution is 0.0609. The van der Waals surface area contributed by atoms with E-state index in [1.54, 1.807) is 35.6 Å². The molecule has 4 amide bonds. The number of amides is 4. The van der Waals surface area contributed by atoms with Crippen LogP contribution in [-0.4, -0.2) is 46.5 Å². The number of carbonyl (C=O) groups is 4. The van der Waals surface area contributed by atoms with E-state index in [9.17, 15) is 9.59 Å². The van der Waals surface area contributed by atoms with Gasteiger partial charge in [0, 0.05) is 109 Å². The minimum absolute atomic E-state index is 0.0965. The SMILES string of the molecule is CCCCC(CC)Cc1ccc(-c2c3cc(-c4sc(-c5ccc(-c6ccc(-c7ccc(-c8sc(C)c9c8C(=O)N(CC(CC)CCCC)C9=O)s7)c(F)c6F)s5)c5c4C(=O)N(CC(CC)CCCC)C5=O)sc3c(-c3ccc(CC(CC)CCCC)s3)c3cc(C)sc23)s1. The molecule has 0 bridgehead atoms. The molecule has 16 heteroatoms. The fourth-order valence-electron chi connectivity index (χ4n) is 14.1. The number of halogens is 2. The first-order valence-electron chi connectivity index (χ1n) is 34.5. The third-order valence-corrected chi connectivity index (χ3v) is 29.3. The summed E-state index contributed by atoms with van der Waals surface area (Å²) in [5.41, 5.74) is 4.35. The molecule has 0 aliphatic carbocycles. The van der Waals surface area contributed by atoms with Crippen LogP contribution >= 0.6 is 90.7 Å². The molecule has 94 heavy (non-hydrogen) atoms. The van der Waals surface area contributed by atoms with Crippen LogP contribution in [0, 0.1) is 49.2 Å². The van der Waals surface area contributed by atoms with E-state index in [1.165, 1.54) is 144 Å². The minimum atomic E-state index is -0.989. The molecule has 12 rings (SSSR count). The normalized spacial score (nSPS) is 14.7. The van der Waals surface area contributed by atoms with Crippen LogP contribution in [0.4, 0.5) is 8.78 Å². The number of rotatable bonds is 31. The molecule has 0 saturated carbocycles. The second kappa shape index (κ2) is 29.8. The van der Waals surface area contributed by atoms with E-state index in [0.717, 1.165) is 97.1 Å². The Morgan fingerprint density at radius 1 is 0.372 bits per heavy atom. The van der Waals surface area contributed by atoms with Crippen molar-refractivity contribution in [2.75, 3.05) is 13.1 Å². The lowest BCUT2D eigenvalue weighted by Gasteiger charge is -2.21. The van der Waals surface area contributed by atoms with Crippen molar-refractivity contribution in [3.63, 3.8) is 0 Å². The molecule has 8 aromatic heterocycles. The highest BCUT2D eigenvalue weighted by molar-refractivity contribution is 7.30. The molecular weight excluding hydrogens is 1320 g/mol. The molecule has 2 aliphatic rings. The predicted octanol–water partition coefficient (Wildman–Crippen LogP) is 26.2. The zero-order chi connectivity index (χ0) is 66.2. The Hall–Kier alpha value is -5.30. The molecule has 10 aromatic rings. The van der Waals surface area contributed by atoms with Gasteiger partial charge in [0.1, 0.15) is 0 Å². The van der Waals surface area contributed by atoms with Crippen molar-refractivity contribution in [3.05, 3.63) is 126 Å². The first kappa shape index (κ1) is 68.6. The monoisotopic (exact) mass is 1410 g/mol. The van der Waals surface area contributed by atoms with Gasteiger partial charge in [-0.05, 0) is 136 Å². The Morgan fingerprint density at radius 2 is 0.755 bits per heavy atom. The number of hydrogen-bond acceptors (Lipinski definition) is 12. The van der Waals surface area contributed by atoms with Crippen LogP contribution in [0.15, 0.2) is 72.8 Å². The summed E-state index contributed by atoms with van der Waals surface area (Å²) in [6.45, 7) is 22.6. The molecule has 2 aromatic carbocycles. The van der Waals surface area contributed by atoms with Gasteiger partial charge in [-0.2, -0.15) is 0 Å². The first-order valence-corrected chi connectivity index (χ1v) is 41.0. The first-order chi connectivity index (χ1) is 45.6. The maximum absolute atomic E-state index is 17.0. The third-order valence-electron chi connectivity index (χ3n) is 19.8. The van der Waals surface area contributed by atoms with E-state index < -0.39 is 11.6 Å². The Bertz CT molecular complexity index is 4330. The Labute approximate surface area is 586 Å². The smallest absolute Gasteiger partial charge is 0.263 e. The molecule has 0 radical (unpaired) electrons. The third kappa shape index (κ3) is 13.2. The van der Waals surface area contributed by atoms with E-state index in [4.69, 9.17) is 0 Å². The van der Waals surface area contributed by atoms with Crippen LogP contribution in [0.25, 0.3) is 91.2 Å². The molecule has 6 nitrogen and oxygen atoms in total. The molecule has 0 fully saturated rings. The zero-order valence-corrected chi connectivity index (χ0v) is 62.5. The van der Waals surface area contributed by atoms with Gasteiger partial charge in [-0.15, -0.1) is 90.7 Å². The molecule has 4 atom stereocenters. The minimum Gasteiger partial charge on any atom is -0.274 e. The van der Waals surface area contributed by atoms with Gasteiger partial charge in [0.15, 0.2) is 11.6 Å². The number of nitrogens with zero attached hydrogens (tertiary/aromatic N) is 2. The van der Waals surface area contributed by atoms with Gasteiger partial charge in [0.2, 0.25) is 0 Å². The number of aryl methyl sites for hydroxylation is 2. The lowest BCUT2D eigenvalue weighted by Crippen LogP contribution is -2.34. The molecule has 494 valence electrons. The summed E-state index contributed by atoms with van der Waals surface area (Å²) in [5.74, 6) is -1.44. The van der Waals surface area contributed by atoms with Gasteiger partial charge in [0.25, 0.3) is 23.6 Å². The quantitative estimate of drug-likeness (QED) is 0.0406. The summed E-state index contributed by atoms with van der Waals surface area (Å²) < 4.78 is 36.2. The summed E-state index contributed by atoms with van der Waals surface area (Å²) >= 11 is 12.9. The van der Waals surface area contributed by atoms with Crippen LogP contribution < -0.4 is 0 Å². The average Bonchev–Trinajstić information content (AvgIpc) is 1.56. The van der Waals surface area contributed by atoms with E-state index in [1.807, 2.05) is 53.1 Å². The molecule has 2 aliphatic heterocycles. The van der Waals surface area contributed by atoms with Gasteiger partial charge in [0.05, 0.1) is 36.9 Å². The van der Waals surface area contributed by atoms with Crippen molar-refractivity contribution in [2.24, 2.45) is 23.7 Å². The maximum Gasteiger partial charge on any atom is 0.263 e. The van der Waals surface area contributed by atoms with Gasteiger partial charge < -0.3 is 0 Å². The predicted molar refractivity (Wildman–Crippen MR) is 403 cm³/mol. The van der Waals surface area contributed by atoms with E-state index in [-0.39, 0.29) is 46.6 Å². The summed E-state index contributed by atoms with van der Waals surface area (Å²) in [4.78, 5) is 74.3. The van der Waals surface area contributed by atoms with Gasteiger partial charge in [-0.3, -0.25) is 29.0 Å². The largest absolute Gasteiger partial charge is 0.274 e. The molecule has 0 N–H and O–H groups in total. The Kier molecular flexibility index (Phi) is 21.8. The summed E-state index contributed by atoms with van der Waals surface area (Å²) in [6.07, 6.45) is 19.4. The highest BCUT2D eigenvalue weighted by atomic mass is 32.1. The van der Waals surface area contributed by atoms with E-state index >= 15 is 18.4 Å². The number of fused-ring (bicyclic) bond motifs is 4. The number of hydrogen-bond donors (Lipinski definition) is 0. The van der Waals surface area contributed by atoms with Crippen LogP contribution in [0.1, 0.15) is 219 Å². The van der Waals surface area contributed by atoms with Crippen molar-refractivity contribution < 1.29 is 28.0 Å². The Morgan fingerprint density at radius 3 is 1.21 bits per heavy atom. The highest BCUT2D eigenvalue weighted by Crippen LogP contribution is 2.57. The van der Waals surface area contributed by atoms with Crippen molar-refractivity contribution in [3.8, 4) is 71.0 Å². The standard InChI is InChI=1S/C78H86F2N2O4S8/c1-11-19-23-45(15-5)38-49-27-31-57(89-49)63-53-37-43(9)87-70(53)64(58-32-28-50(90-58)39-46(16-6)24-20-12-2)54-40-61(93-71(54)63)74-67-66(77(85)82(78(67)86)42-48(18-8)26-22-14-4)73(94-74)60-36-34-56(92-60)52-30-29-51(68(79)69(52)80)55-33-35-59(91-55)72-65-62(44(10)88-72)75(83)81(76(65)84)41-47(17-7)25-21-13-3/h27-37,40,45-48H,11-26,38-39,41-42H2,1-10H3. The molecule has 4 unspecified atom stereocenters. The topological polar surface area (TPSA) is 74.8 Å². The molecule has 0 spiro atoms. The second-order valence-corrected chi connectivity index (χ2v) is 35.2. The average molecular weight is 1410 g/mol. The van der Waals surface area contributed by atoms with Gasteiger partial charge in [-0.25, -0.2) is 8.78 Å². The number of thiophene rings is 8. The number of imide groups is 2. The fraction of sp³-hybridized carbons (Fsp3) is 0.436. The zero-order valence-electron chi connectivity index (χ0n) is 55.9. The molecular formula is C78H86F2N2O4S8. The lowest BCUT2D eigenvalue weighted by atomic mass is 9.95. The highest BCUT2D eigenvalue weighted by Gasteiger charge is 2.45. The summed E-state index contributed by atoms with van der Waals surface area (Å²) in [6, 6.07) is 24.6. The van der Waals surface area contributed by atoms with Crippen molar-refractivity contribution in [2.45, 2.75) is 185 Å². The van der Waals surface area contributed by atoms with Crippen molar-refractivity contribution >= 4 is 134 Å². The van der Waals surface area contributed by atoms with Gasteiger partial charge in [-0.1, -0.05) is 145 Å². The van der Waals surface area contributed by atoms with Crippen molar-refractivity contribution in [1.82, 2.24) is 9.80 Å². The summed E-state index contributed by atoms with van der Waals surface area (Å²) in [5, 5.41) is 2.41. The number of unbranched alkanes of at least 4 members (excludes halogenated alkanes) is 4. The van der Waals surface area contributed by atoms with Gasteiger partial charge >= 0.3 is 0 Å². The van der Waals surface area contributed by atoms with E-state index in [2.05, 4.69) is 98.7 Å². The summed E-state index contributed by atoms with van der Waals surface area (Å²) in [7, 11) is 0. The van der Waals surface area contributed by atoms with Crippen LogP contribution in [0.5, 0.6) is 0 Å². The van der Waals surface area contributed by atoms with Crippen LogP contribution in [-0.2, 0) is 12.8 Å². The molecule has 0 saturated heterocycles. The van der Waals surface area contributed by atoms with E-state index in [0.29, 0.717) is 76.4 Å². The van der Waals surface area contributed by atoms with Crippen LogP contribution in [0.2, 0.25) is 0 Å². The number of benzene rings is 2. The Balaban J connectivity index is 0.942. The number of carbonyl (C=O) groups excluding carboxylic acids is 4. The second-order valence-electron chi connectivity index (χ2n) is 26.1.